The molecule has 0 fully saturated rings. The van der Waals surface area contributed by atoms with Gasteiger partial charge in [0.1, 0.15) is 29.3 Å². The number of alkyl halides is 6. The molecule has 2 aromatic heterocycles. The molecule has 47 heavy (non-hydrogen) atoms. The van der Waals surface area contributed by atoms with Crippen LogP contribution in [0.3, 0.4) is 0 Å². The topological polar surface area (TPSA) is 100 Å². The summed E-state index contributed by atoms with van der Waals surface area (Å²) in [7, 11) is 5.29. The number of hydrogen-bond donors (Lipinski definition) is 2. The number of nitrogens with zero attached hydrogens (tertiary/aromatic N) is 6. The first kappa shape index (κ1) is 34.9. The van der Waals surface area contributed by atoms with Gasteiger partial charge in [-0.1, -0.05) is 6.58 Å². The van der Waals surface area contributed by atoms with Crippen LogP contribution in [0, 0.1) is 11.6 Å². The van der Waals surface area contributed by atoms with Gasteiger partial charge in [0, 0.05) is 44.5 Å². The summed E-state index contributed by atoms with van der Waals surface area (Å²) in [4.78, 5) is 27.9. The van der Waals surface area contributed by atoms with Crippen molar-refractivity contribution >= 4 is 40.0 Å². The summed E-state index contributed by atoms with van der Waals surface area (Å²) in [5, 5.41) is 5.27. The highest BCUT2D eigenvalue weighted by Crippen LogP contribution is 2.39. The van der Waals surface area contributed by atoms with Gasteiger partial charge >= 0.3 is 12.4 Å². The predicted molar refractivity (Wildman–Crippen MR) is 159 cm³/mol. The van der Waals surface area contributed by atoms with E-state index >= 15 is 0 Å². The van der Waals surface area contributed by atoms with Gasteiger partial charge in [-0.3, -0.25) is 4.79 Å². The number of likely N-dealkylation sites (N-methyl/N-ethyl adjacent to an activating group) is 2. The van der Waals surface area contributed by atoms with Gasteiger partial charge in [-0.15, -0.1) is 0 Å². The first-order chi connectivity index (χ1) is 21.9. The summed E-state index contributed by atoms with van der Waals surface area (Å²) >= 11 is 0. The standard InChI is InChI=1S/C29H28F8N8O2/c1-5-24(46)39-19-12-20(23(47-15-29(35,36)37)13-22(19)44(4)9-8-43(2)3)42-27-38-7-6-18(41-27)26-40-21-11-16(30)10-17(31)25(21)45(26)14-28(32,33)34/h5-7,10-13H,1,8-9,14-15H2,2-4H3,(H,39,46)(H,38,41,42). The maximum absolute atomic E-state index is 14.7. The minimum atomic E-state index is -4.84. The van der Waals surface area contributed by atoms with E-state index in [0.29, 0.717) is 23.7 Å². The molecule has 0 unspecified atom stereocenters. The number of benzene rings is 2. The zero-order chi connectivity index (χ0) is 34.7. The van der Waals surface area contributed by atoms with Crippen molar-refractivity contribution in [3.8, 4) is 17.3 Å². The van der Waals surface area contributed by atoms with E-state index in [1.54, 1.807) is 11.9 Å². The van der Waals surface area contributed by atoms with Crippen LogP contribution in [-0.2, 0) is 11.3 Å². The molecule has 4 aromatic rings. The van der Waals surface area contributed by atoms with Crippen LogP contribution in [0.5, 0.6) is 5.75 Å². The van der Waals surface area contributed by atoms with Gasteiger partial charge in [0.25, 0.3) is 0 Å². The largest absolute Gasteiger partial charge is 0.482 e. The number of rotatable bonds is 12. The van der Waals surface area contributed by atoms with Gasteiger partial charge in [0.2, 0.25) is 11.9 Å². The van der Waals surface area contributed by atoms with E-state index in [1.165, 1.54) is 12.1 Å². The van der Waals surface area contributed by atoms with Crippen LogP contribution in [0.25, 0.3) is 22.6 Å². The molecule has 2 N–H and O–H groups in total. The zero-order valence-electron chi connectivity index (χ0n) is 25.1. The van der Waals surface area contributed by atoms with Crippen molar-refractivity contribution in [3.05, 3.63) is 60.8 Å². The zero-order valence-corrected chi connectivity index (χ0v) is 25.1. The average Bonchev–Trinajstić information content (AvgIpc) is 3.31. The third-order valence-corrected chi connectivity index (χ3v) is 6.45. The highest BCUT2D eigenvalue weighted by Gasteiger charge is 2.32. The highest BCUT2D eigenvalue weighted by molar-refractivity contribution is 6.02. The Balaban J connectivity index is 1.82. The Hall–Kier alpha value is -5.00. The number of nitrogens with one attached hydrogen (secondary N) is 2. The van der Waals surface area contributed by atoms with Crippen molar-refractivity contribution in [2.24, 2.45) is 0 Å². The molecule has 2 aromatic carbocycles. The van der Waals surface area contributed by atoms with E-state index in [1.807, 2.05) is 19.0 Å². The van der Waals surface area contributed by atoms with Crippen LogP contribution in [0.2, 0.25) is 0 Å². The Morgan fingerprint density at radius 1 is 1.00 bits per heavy atom. The summed E-state index contributed by atoms with van der Waals surface area (Å²) in [6.07, 6.45) is -7.47. The lowest BCUT2D eigenvalue weighted by molar-refractivity contribution is -0.153. The predicted octanol–water partition coefficient (Wildman–Crippen LogP) is 6.14. The molecule has 2 heterocycles. The molecule has 0 spiro atoms. The molecule has 0 bridgehead atoms. The molecule has 0 aliphatic carbocycles. The third-order valence-electron chi connectivity index (χ3n) is 6.45. The molecule has 18 heteroatoms. The van der Waals surface area contributed by atoms with Crippen LogP contribution in [0.4, 0.5) is 58.1 Å². The van der Waals surface area contributed by atoms with Crippen molar-refractivity contribution < 1.29 is 44.7 Å². The molecule has 0 aliphatic heterocycles. The molecule has 4 rings (SSSR count). The lowest BCUT2D eigenvalue weighted by atomic mass is 10.2. The summed E-state index contributed by atoms with van der Waals surface area (Å²) in [5.41, 5.74) is -1.03. The summed E-state index contributed by atoms with van der Waals surface area (Å²) < 4.78 is 114. The van der Waals surface area contributed by atoms with Gasteiger partial charge in [0.15, 0.2) is 18.2 Å². The van der Waals surface area contributed by atoms with Crippen LogP contribution >= 0.6 is 0 Å². The average molecular weight is 673 g/mol. The fraction of sp³-hybridized carbons (Fsp3) is 0.310. The Bertz CT molecular complexity index is 1770. The molecule has 252 valence electrons. The van der Waals surface area contributed by atoms with E-state index in [9.17, 15) is 39.9 Å². The van der Waals surface area contributed by atoms with Gasteiger partial charge in [-0.05, 0) is 32.3 Å². The number of imidazole rings is 1. The molecular formula is C29H28F8N8O2. The van der Waals surface area contributed by atoms with Gasteiger partial charge < -0.3 is 29.7 Å². The fourth-order valence-corrected chi connectivity index (χ4v) is 4.39. The van der Waals surface area contributed by atoms with Crippen LogP contribution in [0.1, 0.15) is 0 Å². The molecular weight excluding hydrogens is 644 g/mol. The monoisotopic (exact) mass is 672 g/mol. The first-order valence-electron chi connectivity index (χ1n) is 13.6. The number of ether oxygens (including phenoxy) is 1. The lowest BCUT2D eigenvalue weighted by Crippen LogP contribution is -2.29. The number of fused-ring (bicyclic) bond motifs is 1. The maximum atomic E-state index is 14.7. The van der Waals surface area contributed by atoms with Gasteiger partial charge in [0.05, 0.1) is 22.6 Å². The Kier molecular flexibility index (Phi) is 10.2. The minimum absolute atomic E-state index is 0.138. The van der Waals surface area contributed by atoms with Crippen LogP contribution < -0.4 is 20.3 Å². The number of halogens is 8. The van der Waals surface area contributed by atoms with Crippen molar-refractivity contribution in [1.82, 2.24) is 24.4 Å². The van der Waals surface area contributed by atoms with Crippen molar-refractivity contribution in [1.29, 1.82) is 0 Å². The number of aromatic nitrogens is 4. The number of anilines is 4. The SMILES string of the molecule is C=CC(=O)Nc1cc(Nc2nccc(-c3nc4cc(F)cc(F)c4n3CC(F)(F)F)n2)c(OCC(F)(F)F)cc1N(C)CCN(C)C. The summed E-state index contributed by atoms with van der Waals surface area (Å²) in [5.74, 6) is -4.14. The molecule has 0 radical (unpaired) electrons. The molecule has 1 amide bonds. The summed E-state index contributed by atoms with van der Waals surface area (Å²) in [6.45, 7) is 0.959. The van der Waals surface area contributed by atoms with Crippen LogP contribution in [-0.4, -0.2) is 83.5 Å². The van der Waals surface area contributed by atoms with Gasteiger partial charge in [-0.2, -0.15) is 26.3 Å². The Labute approximate surface area is 262 Å². The quantitative estimate of drug-likeness (QED) is 0.137. The van der Waals surface area contributed by atoms with Crippen molar-refractivity contribution in [2.75, 3.05) is 56.4 Å². The number of amides is 1. The fourth-order valence-electron chi connectivity index (χ4n) is 4.39. The second-order valence-corrected chi connectivity index (χ2v) is 10.5. The van der Waals surface area contributed by atoms with E-state index in [2.05, 4.69) is 32.2 Å². The third kappa shape index (κ3) is 9.05. The van der Waals surface area contributed by atoms with Crippen molar-refractivity contribution in [3.63, 3.8) is 0 Å². The Morgan fingerprint density at radius 2 is 1.72 bits per heavy atom. The number of carbonyl (C=O) groups is 1. The minimum Gasteiger partial charge on any atom is -0.482 e. The van der Waals surface area contributed by atoms with Gasteiger partial charge in [-0.25, -0.2) is 23.7 Å². The van der Waals surface area contributed by atoms with E-state index < -0.39 is 59.9 Å². The molecule has 0 aliphatic rings. The molecule has 10 nitrogen and oxygen atoms in total. The highest BCUT2D eigenvalue weighted by atomic mass is 19.4. The maximum Gasteiger partial charge on any atom is 0.422 e. The molecule has 0 saturated heterocycles. The second-order valence-electron chi connectivity index (χ2n) is 10.5. The normalized spacial score (nSPS) is 12.0. The number of carbonyl (C=O) groups excluding carboxylic acids is 1. The summed E-state index contributed by atoms with van der Waals surface area (Å²) in [6, 6.07) is 4.86. The molecule has 0 atom stereocenters. The van der Waals surface area contributed by atoms with E-state index in [4.69, 9.17) is 4.74 Å². The number of hydrogen-bond acceptors (Lipinski definition) is 8. The van der Waals surface area contributed by atoms with Crippen LogP contribution in [0.15, 0.2) is 49.2 Å². The van der Waals surface area contributed by atoms with E-state index in [0.717, 1.165) is 24.4 Å². The van der Waals surface area contributed by atoms with Crippen molar-refractivity contribution in [2.45, 2.75) is 18.9 Å². The Morgan fingerprint density at radius 3 is 2.36 bits per heavy atom. The lowest BCUT2D eigenvalue weighted by Gasteiger charge is -2.26. The first-order valence-corrected chi connectivity index (χ1v) is 13.6. The van der Waals surface area contributed by atoms with E-state index in [-0.39, 0.29) is 34.5 Å². The second kappa shape index (κ2) is 13.8. The molecule has 0 saturated carbocycles. The smallest absolute Gasteiger partial charge is 0.422 e.